The van der Waals surface area contributed by atoms with Crippen LogP contribution in [0.5, 0.6) is 0 Å². The maximum atomic E-state index is 5.06. The summed E-state index contributed by atoms with van der Waals surface area (Å²) in [5, 5.41) is 5.74. The predicted molar refractivity (Wildman–Crippen MR) is 170 cm³/mol. The molecule has 0 amide bonds. The van der Waals surface area contributed by atoms with Gasteiger partial charge in [0, 0.05) is 27.3 Å². The summed E-state index contributed by atoms with van der Waals surface area (Å²) in [5.74, 6) is 0.645. The molecule has 42 heavy (non-hydrogen) atoms. The minimum Gasteiger partial charge on any atom is -0.251 e. The van der Waals surface area contributed by atoms with E-state index in [0.29, 0.717) is 22.9 Å². The van der Waals surface area contributed by atoms with Crippen LogP contribution in [0, 0.1) is 0 Å². The van der Waals surface area contributed by atoms with Crippen LogP contribution in [-0.4, -0.2) is 24.9 Å². The van der Waals surface area contributed by atoms with E-state index < -0.39 is 0 Å². The van der Waals surface area contributed by atoms with Crippen molar-refractivity contribution in [3.63, 3.8) is 0 Å². The van der Waals surface area contributed by atoms with Crippen LogP contribution in [-0.2, 0) is 0 Å². The third-order valence-corrected chi connectivity index (χ3v) is 7.57. The van der Waals surface area contributed by atoms with E-state index in [1.54, 1.807) is 12.4 Å². The van der Waals surface area contributed by atoms with Crippen molar-refractivity contribution < 1.29 is 0 Å². The van der Waals surface area contributed by atoms with Gasteiger partial charge in [0.15, 0.2) is 5.82 Å². The molecule has 0 saturated heterocycles. The Labute approximate surface area is 242 Å². The van der Waals surface area contributed by atoms with E-state index in [9.17, 15) is 0 Å². The molecule has 0 fully saturated rings. The Hall–Kier alpha value is -5.81. The molecule has 0 radical (unpaired) electrons. The fourth-order valence-electron chi connectivity index (χ4n) is 5.55. The van der Waals surface area contributed by atoms with Gasteiger partial charge in [0.25, 0.3) is 0 Å². The summed E-state index contributed by atoms with van der Waals surface area (Å²) < 4.78 is 0. The molecular weight excluding hydrogens is 514 g/mol. The molecule has 196 valence electrons. The number of aromatic nitrogens is 5. The van der Waals surface area contributed by atoms with Crippen molar-refractivity contribution in [2.75, 3.05) is 0 Å². The number of pyridine rings is 1. The van der Waals surface area contributed by atoms with Gasteiger partial charge in [-0.1, -0.05) is 115 Å². The van der Waals surface area contributed by atoms with Gasteiger partial charge in [-0.05, 0) is 22.9 Å². The van der Waals surface area contributed by atoms with Crippen molar-refractivity contribution in [2.45, 2.75) is 0 Å². The second-order valence-corrected chi connectivity index (χ2v) is 10.2. The zero-order chi connectivity index (χ0) is 27.9. The summed E-state index contributed by atoms with van der Waals surface area (Å²) >= 11 is 0. The minimum absolute atomic E-state index is 0.645. The monoisotopic (exact) mass is 537 g/mol. The average Bonchev–Trinajstić information content (AvgIpc) is 3.08. The van der Waals surface area contributed by atoms with Crippen LogP contribution in [0.4, 0.5) is 0 Å². The summed E-state index contributed by atoms with van der Waals surface area (Å²) in [5.41, 5.74) is 6.63. The van der Waals surface area contributed by atoms with Crippen LogP contribution < -0.4 is 0 Å². The second kappa shape index (κ2) is 9.98. The Kier molecular flexibility index (Phi) is 5.71. The van der Waals surface area contributed by atoms with Gasteiger partial charge in [-0.2, -0.15) is 0 Å². The first-order valence-electron chi connectivity index (χ1n) is 13.8. The van der Waals surface area contributed by atoms with E-state index in [-0.39, 0.29) is 0 Å². The summed E-state index contributed by atoms with van der Waals surface area (Å²) in [4.78, 5) is 24.6. The molecule has 0 atom stereocenters. The molecule has 0 spiro atoms. The van der Waals surface area contributed by atoms with Crippen molar-refractivity contribution in [1.29, 1.82) is 0 Å². The highest BCUT2D eigenvalue weighted by Crippen LogP contribution is 2.36. The van der Waals surface area contributed by atoms with E-state index in [1.807, 2.05) is 60.7 Å². The molecule has 3 aromatic heterocycles. The Morgan fingerprint density at radius 3 is 1.83 bits per heavy atom. The lowest BCUT2D eigenvalue weighted by atomic mass is 9.97. The van der Waals surface area contributed by atoms with Gasteiger partial charge in [-0.3, -0.25) is 9.97 Å². The molecular formula is C37H23N5. The molecule has 0 unspecified atom stereocenters. The number of hydrogen-bond acceptors (Lipinski definition) is 5. The van der Waals surface area contributed by atoms with Crippen molar-refractivity contribution in [1.82, 2.24) is 24.9 Å². The molecule has 0 aliphatic rings. The number of para-hydroxylation sites is 1. The average molecular weight is 538 g/mol. The van der Waals surface area contributed by atoms with Crippen molar-refractivity contribution in [3.8, 4) is 45.4 Å². The number of benzene rings is 5. The van der Waals surface area contributed by atoms with E-state index in [2.05, 4.69) is 66.7 Å². The van der Waals surface area contributed by atoms with Crippen LogP contribution >= 0.6 is 0 Å². The van der Waals surface area contributed by atoms with E-state index in [0.717, 1.165) is 38.8 Å². The summed E-state index contributed by atoms with van der Waals surface area (Å²) in [6.45, 7) is 0. The van der Waals surface area contributed by atoms with Crippen molar-refractivity contribution in [3.05, 3.63) is 140 Å². The largest absolute Gasteiger partial charge is 0.251 e. The molecule has 5 nitrogen and oxygen atoms in total. The first-order valence-corrected chi connectivity index (χ1v) is 13.8. The summed E-state index contributed by atoms with van der Waals surface area (Å²) in [7, 11) is 0. The van der Waals surface area contributed by atoms with Crippen LogP contribution in [0.1, 0.15) is 0 Å². The van der Waals surface area contributed by atoms with Gasteiger partial charge in [0.1, 0.15) is 11.4 Å². The quantitative estimate of drug-likeness (QED) is 0.210. The fraction of sp³-hybridized carbons (Fsp3) is 0. The van der Waals surface area contributed by atoms with E-state index >= 15 is 0 Å². The summed E-state index contributed by atoms with van der Waals surface area (Å²) in [6, 6.07) is 43.2. The van der Waals surface area contributed by atoms with Crippen molar-refractivity contribution >= 4 is 32.4 Å². The van der Waals surface area contributed by atoms with Gasteiger partial charge in [0.2, 0.25) is 0 Å². The van der Waals surface area contributed by atoms with Gasteiger partial charge < -0.3 is 0 Å². The molecule has 5 heteroatoms. The number of hydrogen-bond donors (Lipinski definition) is 0. The summed E-state index contributed by atoms with van der Waals surface area (Å²) in [6.07, 6.45) is 3.58. The zero-order valence-corrected chi connectivity index (χ0v) is 22.5. The van der Waals surface area contributed by atoms with Crippen LogP contribution in [0.25, 0.3) is 77.9 Å². The van der Waals surface area contributed by atoms with E-state index in [1.165, 1.54) is 16.2 Å². The second-order valence-electron chi connectivity index (χ2n) is 10.2. The number of fused-ring (bicyclic) bond motifs is 5. The maximum absolute atomic E-state index is 5.06. The fourth-order valence-corrected chi connectivity index (χ4v) is 5.55. The first kappa shape index (κ1) is 24.0. The van der Waals surface area contributed by atoms with E-state index in [4.69, 9.17) is 24.9 Å². The highest BCUT2D eigenvalue weighted by molar-refractivity contribution is 6.22. The van der Waals surface area contributed by atoms with Gasteiger partial charge >= 0.3 is 0 Å². The Morgan fingerprint density at radius 1 is 0.405 bits per heavy atom. The smallest absolute Gasteiger partial charge is 0.160 e. The molecule has 3 heterocycles. The standard InChI is InChI=1S/C37H23N5/c1-3-12-25(13-4-1)31-21-32(42-37(41-31)26-14-5-2-6-15-26)33-22-39-34(23-38-33)36-29-20-19-24-11-7-8-16-27(24)35(29)28-17-9-10-18-30(28)40-36/h1-23H. The van der Waals surface area contributed by atoms with Crippen molar-refractivity contribution in [2.24, 2.45) is 0 Å². The lowest BCUT2D eigenvalue weighted by Gasteiger charge is -2.12. The highest BCUT2D eigenvalue weighted by Gasteiger charge is 2.16. The lowest BCUT2D eigenvalue weighted by Crippen LogP contribution is -1.98. The van der Waals surface area contributed by atoms with Crippen LogP contribution in [0.3, 0.4) is 0 Å². The predicted octanol–water partition coefficient (Wildman–Crippen LogP) is 8.79. The Bertz CT molecular complexity index is 2160. The van der Waals surface area contributed by atoms with Gasteiger partial charge in [-0.15, -0.1) is 0 Å². The molecule has 0 saturated carbocycles. The topological polar surface area (TPSA) is 64.5 Å². The highest BCUT2D eigenvalue weighted by atomic mass is 14.9. The molecule has 0 bridgehead atoms. The van der Waals surface area contributed by atoms with Gasteiger partial charge in [0.05, 0.1) is 35.0 Å². The third-order valence-electron chi connectivity index (χ3n) is 7.57. The minimum atomic E-state index is 0.645. The van der Waals surface area contributed by atoms with Gasteiger partial charge in [-0.25, -0.2) is 15.0 Å². The molecule has 8 rings (SSSR count). The SMILES string of the molecule is c1ccc(-c2cc(-c3cnc(-c4nc5ccccc5c5c4ccc4ccccc45)cn3)nc(-c3ccccc3)n2)cc1. The molecule has 5 aromatic carbocycles. The lowest BCUT2D eigenvalue weighted by molar-refractivity contribution is 1.14. The maximum Gasteiger partial charge on any atom is 0.160 e. The first-order chi connectivity index (χ1) is 20.8. The number of nitrogens with zero attached hydrogens (tertiary/aromatic N) is 5. The van der Waals surface area contributed by atoms with Crippen LogP contribution in [0.15, 0.2) is 140 Å². The molecule has 8 aromatic rings. The zero-order valence-electron chi connectivity index (χ0n) is 22.5. The van der Waals surface area contributed by atoms with Crippen LogP contribution in [0.2, 0.25) is 0 Å². The third kappa shape index (κ3) is 4.16. The Balaban J connectivity index is 1.28. The normalized spacial score (nSPS) is 11.3. The molecule has 0 N–H and O–H groups in total. The Morgan fingerprint density at radius 2 is 1.05 bits per heavy atom. The number of rotatable bonds is 4. The molecule has 0 aliphatic carbocycles. The molecule has 0 aliphatic heterocycles.